The second-order valence-corrected chi connectivity index (χ2v) is 6.37. The molecule has 4 nitrogen and oxygen atoms in total. The number of aromatic nitrogens is 3. The van der Waals surface area contributed by atoms with Crippen LogP contribution in [0.1, 0.15) is 0 Å². The average Bonchev–Trinajstić information content (AvgIpc) is 2.72. The Labute approximate surface area is 116 Å². The zero-order valence-corrected chi connectivity index (χ0v) is 11.5. The molecule has 1 N–H and O–H groups in total. The van der Waals surface area contributed by atoms with Crippen LogP contribution in [0.3, 0.4) is 0 Å². The van der Waals surface area contributed by atoms with Gasteiger partial charge in [0.2, 0.25) is 5.16 Å². The summed E-state index contributed by atoms with van der Waals surface area (Å²) in [6, 6.07) is 7.51. The molecule has 2 aromatic rings. The average molecular weight is 301 g/mol. The molecular formula is C9H5ClN4S3. The van der Waals surface area contributed by atoms with Crippen LogP contribution >= 0.6 is 45.4 Å². The lowest BCUT2D eigenvalue weighted by molar-refractivity contribution is 0.843. The Bertz CT molecular complexity index is 598. The predicted octanol–water partition coefficient (Wildman–Crippen LogP) is 3.18. The van der Waals surface area contributed by atoms with Gasteiger partial charge in [-0.2, -0.15) is 0 Å². The van der Waals surface area contributed by atoms with E-state index in [1.54, 1.807) is 4.68 Å². The van der Waals surface area contributed by atoms with E-state index in [0.717, 1.165) is 10.7 Å². The first-order valence-corrected chi connectivity index (χ1v) is 7.55. The lowest BCUT2D eigenvalue weighted by Gasteiger charge is -2.16. The molecular weight excluding hydrogens is 296 g/mol. The van der Waals surface area contributed by atoms with Crippen LogP contribution in [0.4, 0.5) is 0 Å². The summed E-state index contributed by atoms with van der Waals surface area (Å²) in [4.78, 5) is 0. The van der Waals surface area contributed by atoms with E-state index >= 15 is 0 Å². The number of fused-ring (bicyclic) bond motifs is 1. The Morgan fingerprint density at radius 3 is 2.88 bits per heavy atom. The van der Waals surface area contributed by atoms with Crippen LogP contribution in [0.5, 0.6) is 0 Å². The smallest absolute Gasteiger partial charge is 0.221 e. The largest absolute Gasteiger partial charge is 0.274 e. The summed E-state index contributed by atoms with van der Waals surface area (Å²) in [6.45, 7) is 0. The Hall–Kier alpha value is -0.760. The third kappa shape index (κ3) is 2.03. The molecule has 0 unspecified atom stereocenters. The fraction of sp³-hybridized carbons (Fsp3) is 0. The van der Waals surface area contributed by atoms with Crippen LogP contribution < -0.4 is 5.43 Å². The van der Waals surface area contributed by atoms with Gasteiger partial charge in [-0.05, 0) is 33.7 Å². The molecule has 0 radical (unpaired) electrons. The molecule has 0 spiro atoms. The lowest BCUT2D eigenvalue weighted by Crippen LogP contribution is -2.22. The number of halogens is 1. The van der Waals surface area contributed by atoms with Gasteiger partial charge in [-0.3, -0.25) is 5.43 Å². The molecule has 0 bridgehead atoms. The van der Waals surface area contributed by atoms with Crippen molar-refractivity contribution in [2.45, 2.75) is 5.16 Å². The van der Waals surface area contributed by atoms with E-state index in [1.807, 2.05) is 24.3 Å². The van der Waals surface area contributed by atoms with Crippen LogP contribution in [-0.4, -0.2) is 19.2 Å². The number of hydrogen-bond acceptors (Lipinski definition) is 5. The van der Waals surface area contributed by atoms with E-state index < -0.39 is 0 Å². The summed E-state index contributed by atoms with van der Waals surface area (Å²) in [7, 11) is 2.93. The lowest BCUT2D eigenvalue weighted by atomic mass is 10.2. The standard InChI is InChI=1S/C9H5ClN4S3/c10-6-4-2-1-3-5(6)7-11-12-8-14(7)13-9(15)17-16-8/h1-4H,(H,13,15). The van der Waals surface area contributed by atoms with Gasteiger partial charge in [0.1, 0.15) is 0 Å². The molecule has 3 rings (SSSR count). The number of nitrogens with one attached hydrogen (secondary N) is 1. The fourth-order valence-electron chi connectivity index (χ4n) is 1.43. The highest BCUT2D eigenvalue weighted by Gasteiger charge is 2.21. The van der Waals surface area contributed by atoms with Crippen molar-refractivity contribution in [2.75, 3.05) is 5.43 Å². The maximum absolute atomic E-state index is 6.14. The minimum atomic E-state index is 0.638. The Morgan fingerprint density at radius 2 is 2.06 bits per heavy atom. The van der Waals surface area contributed by atoms with Gasteiger partial charge in [-0.15, -0.1) is 10.2 Å². The molecule has 0 saturated heterocycles. The third-order valence-electron chi connectivity index (χ3n) is 2.14. The molecule has 0 atom stereocenters. The molecule has 8 heteroatoms. The first-order chi connectivity index (χ1) is 8.25. The summed E-state index contributed by atoms with van der Waals surface area (Å²) < 4.78 is 2.43. The summed E-state index contributed by atoms with van der Waals surface area (Å²) in [5.74, 6) is 0.667. The minimum Gasteiger partial charge on any atom is -0.274 e. The molecule has 1 aliphatic rings. The first kappa shape index (κ1) is 11.3. The van der Waals surface area contributed by atoms with E-state index in [0.29, 0.717) is 15.2 Å². The fourth-order valence-corrected chi connectivity index (χ4v) is 3.49. The predicted molar refractivity (Wildman–Crippen MR) is 75.9 cm³/mol. The van der Waals surface area contributed by atoms with Gasteiger partial charge >= 0.3 is 0 Å². The van der Waals surface area contributed by atoms with Gasteiger partial charge in [0.15, 0.2) is 10.1 Å². The molecule has 86 valence electrons. The monoisotopic (exact) mass is 300 g/mol. The number of hydrogen-bond donors (Lipinski definition) is 1. The Balaban J connectivity index is 2.14. The van der Waals surface area contributed by atoms with E-state index in [1.165, 1.54) is 21.6 Å². The van der Waals surface area contributed by atoms with Crippen LogP contribution in [0.25, 0.3) is 11.4 Å². The second kappa shape index (κ2) is 4.49. The highest BCUT2D eigenvalue weighted by atomic mass is 35.5. The number of rotatable bonds is 1. The molecule has 0 fully saturated rings. The maximum atomic E-state index is 6.14. The summed E-state index contributed by atoms with van der Waals surface area (Å²) in [5.41, 5.74) is 3.87. The molecule has 2 heterocycles. The molecule has 1 aromatic heterocycles. The van der Waals surface area contributed by atoms with Crippen molar-refractivity contribution in [2.24, 2.45) is 0 Å². The van der Waals surface area contributed by atoms with Gasteiger partial charge in [0.25, 0.3) is 0 Å². The van der Waals surface area contributed by atoms with Crippen LogP contribution in [0, 0.1) is 0 Å². The van der Waals surface area contributed by atoms with Crippen LogP contribution in [0.15, 0.2) is 29.4 Å². The molecule has 0 aliphatic carbocycles. The van der Waals surface area contributed by atoms with Crippen molar-refractivity contribution in [1.29, 1.82) is 0 Å². The minimum absolute atomic E-state index is 0.638. The van der Waals surface area contributed by atoms with E-state index in [9.17, 15) is 0 Å². The summed E-state index contributed by atoms with van der Waals surface area (Å²) in [5, 5.41) is 9.62. The maximum Gasteiger partial charge on any atom is 0.221 e. The summed E-state index contributed by atoms with van der Waals surface area (Å²) >= 11 is 11.3. The molecule has 17 heavy (non-hydrogen) atoms. The number of benzene rings is 1. The van der Waals surface area contributed by atoms with Crippen LogP contribution in [0.2, 0.25) is 5.02 Å². The van der Waals surface area contributed by atoms with Gasteiger partial charge in [0, 0.05) is 5.56 Å². The number of nitrogens with zero attached hydrogens (tertiary/aromatic N) is 3. The van der Waals surface area contributed by atoms with Crippen molar-refractivity contribution in [3.63, 3.8) is 0 Å². The zero-order chi connectivity index (χ0) is 11.8. The van der Waals surface area contributed by atoms with Crippen molar-refractivity contribution in [1.82, 2.24) is 14.9 Å². The second-order valence-electron chi connectivity index (χ2n) is 3.19. The van der Waals surface area contributed by atoms with Crippen LogP contribution in [-0.2, 0) is 0 Å². The van der Waals surface area contributed by atoms with Crippen molar-refractivity contribution in [3.8, 4) is 11.4 Å². The molecule has 1 aromatic carbocycles. The summed E-state index contributed by atoms with van der Waals surface area (Å²) in [6.07, 6.45) is 0. The van der Waals surface area contributed by atoms with Crippen molar-refractivity contribution < 1.29 is 0 Å². The highest BCUT2D eigenvalue weighted by molar-refractivity contribution is 8.83. The Morgan fingerprint density at radius 1 is 1.24 bits per heavy atom. The number of thiocarbonyl (C=S) groups is 1. The van der Waals surface area contributed by atoms with Crippen molar-refractivity contribution >= 4 is 49.7 Å². The van der Waals surface area contributed by atoms with Gasteiger partial charge in [-0.1, -0.05) is 36.0 Å². The van der Waals surface area contributed by atoms with Gasteiger partial charge < -0.3 is 0 Å². The molecule has 0 amide bonds. The molecule has 1 aliphatic heterocycles. The van der Waals surface area contributed by atoms with Gasteiger partial charge in [0.05, 0.1) is 5.02 Å². The van der Waals surface area contributed by atoms with Gasteiger partial charge in [-0.25, -0.2) is 4.68 Å². The quantitative estimate of drug-likeness (QED) is 0.644. The topological polar surface area (TPSA) is 42.7 Å². The first-order valence-electron chi connectivity index (χ1n) is 4.61. The van der Waals surface area contributed by atoms with E-state index in [4.69, 9.17) is 23.8 Å². The normalized spacial score (nSPS) is 14.3. The Kier molecular flexibility index (Phi) is 2.99. The third-order valence-corrected chi connectivity index (χ3v) is 5.07. The SMILES string of the molecule is S=C1Nn2c(nnc2-c2ccccc2Cl)SS1. The van der Waals surface area contributed by atoms with E-state index in [-0.39, 0.29) is 0 Å². The van der Waals surface area contributed by atoms with E-state index in [2.05, 4.69) is 15.6 Å². The highest BCUT2D eigenvalue weighted by Crippen LogP contribution is 2.37. The van der Waals surface area contributed by atoms with Crippen molar-refractivity contribution in [3.05, 3.63) is 29.3 Å². The molecule has 0 saturated carbocycles. The zero-order valence-electron chi connectivity index (χ0n) is 8.25.